The van der Waals surface area contributed by atoms with E-state index in [1.165, 1.54) is 0 Å². The second-order valence-electron chi connectivity index (χ2n) is 14.9. The molecule has 0 saturated carbocycles. The molecule has 0 aliphatic carbocycles. The first-order chi connectivity index (χ1) is 15.8. The number of rotatable bonds is 14. The van der Waals surface area contributed by atoms with Crippen LogP contribution in [0.25, 0.3) is 0 Å². The lowest BCUT2D eigenvalue weighted by Crippen LogP contribution is -2.57. The van der Waals surface area contributed by atoms with Crippen LogP contribution in [0.3, 0.4) is 0 Å². The molecule has 0 aromatic rings. The van der Waals surface area contributed by atoms with Gasteiger partial charge in [-0.25, -0.2) is 0 Å². The molecule has 0 aliphatic heterocycles. The number of thioether (sulfide) groups is 2. The second kappa shape index (κ2) is 13.7. The lowest BCUT2D eigenvalue weighted by molar-refractivity contribution is -0.0341. The van der Waals surface area contributed by atoms with E-state index in [0.717, 1.165) is 17.9 Å². The molecule has 218 valence electrons. The minimum atomic E-state index is -2.07. The summed E-state index contributed by atoms with van der Waals surface area (Å²) in [4.78, 5) is 0. The molecule has 0 N–H and O–H groups in total. The molecule has 36 heavy (non-hydrogen) atoms. The molecule has 0 amide bonds. The highest BCUT2D eigenvalue weighted by Gasteiger charge is 2.48. The smallest absolute Gasteiger partial charge is 0.192 e. The molecule has 0 spiro atoms. The summed E-state index contributed by atoms with van der Waals surface area (Å²) in [6, 6.07) is 0. The van der Waals surface area contributed by atoms with Crippen molar-refractivity contribution in [1.29, 1.82) is 0 Å². The standard InChI is InChI=1S/C28H64O3S2Si3/c1-19-32-24(33-20-2)21-23(30-35(15,16)27(7,8)9)25(31-36(17,18)28(10,11)12)22(3)29-34(13,14)26(4,5)6/h22-25H,19-21H2,1-18H3/t22-,23+,25-/m1/s1. The van der Waals surface area contributed by atoms with Crippen LogP contribution < -0.4 is 0 Å². The van der Waals surface area contributed by atoms with Gasteiger partial charge < -0.3 is 13.3 Å². The predicted molar refractivity (Wildman–Crippen MR) is 177 cm³/mol. The molecule has 8 heteroatoms. The number of hydrogen-bond acceptors (Lipinski definition) is 5. The van der Waals surface area contributed by atoms with E-state index < -0.39 is 25.0 Å². The maximum atomic E-state index is 7.32. The Morgan fingerprint density at radius 3 is 1.25 bits per heavy atom. The Balaban J connectivity index is 6.68. The lowest BCUT2D eigenvalue weighted by Gasteiger charge is -2.49. The maximum Gasteiger partial charge on any atom is 0.192 e. The van der Waals surface area contributed by atoms with Crippen molar-refractivity contribution in [2.75, 3.05) is 11.5 Å². The molecule has 0 radical (unpaired) electrons. The zero-order valence-corrected chi connectivity index (χ0v) is 32.1. The normalized spacial score (nSPS) is 17.4. The van der Waals surface area contributed by atoms with E-state index in [1.54, 1.807) is 0 Å². The van der Waals surface area contributed by atoms with Crippen LogP contribution in [-0.2, 0) is 13.3 Å². The van der Waals surface area contributed by atoms with Crippen LogP contribution in [0.5, 0.6) is 0 Å². The van der Waals surface area contributed by atoms with Gasteiger partial charge in [-0.1, -0.05) is 76.2 Å². The molecule has 0 bridgehead atoms. The van der Waals surface area contributed by atoms with Crippen LogP contribution in [-0.4, -0.2) is 59.4 Å². The van der Waals surface area contributed by atoms with Gasteiger partial charge in [-0.3, -0.25) is 0 Å². The van der Waals surface area contributed by atoms with Gasteiger partial charge in [-0.15, -0.1) is 23.5 Å². The molecule has 0 unspecified atom stereocenters. The fourth-order valence-corrected chi connectivity index (χ4v) is 9.98. The van der Waals surface area contributed by atoms with Gasteiger partial charge in [0.05, 0.1) is 22.9 Å². The molecule has 0 fully saturated rings. The summed E-state index contributed by atoms with van der Waals surface area (Å²) in [5, 5.41) is 0.415. The Bertz CT molecular complexity index is 644. The maximum absolute atomic E-state index is 7.32. The lowest BCUT2D eigenvalue weighted by atomic mass is 10.1. The number of hydrogen-bond donors (Lipinski definition) is 0. The Labute approximate surface area is 239 Å². The summed E-state index contributed by atoms with van der Waals surface area (Å²) < 4.78 is 22.2. The predicted octanol–water partition coefficient (Wildman–Crippen LogP) is 10.4. The van der Waals surface area contributed by atoms with Crippen molar-refractivity contribution in [2.45, 2.75) is 167 Å². The van der Waals surface area contributed by atoms with Crippen molar-refractivity contribution in [3.8, 4) is 0 Å². The average molecular weight is 597 g/mol. The van der Waals surface area contributed by atoms with Crippen molar-refractivity contribution < 1.29 is 13.3 Å². The molecule has 0 heterocycles. The fourth-order valence-electron chi connectivity index (χ4n) is 3.25. The summed E-state index contributed by atoms with van der Waals surface area (Å²) in [5.74, 6) is 2.24. The van der Waals surface area contributed by atoms with E-state index in [2.05, 4.69) is 146 Å². The van der Waals surface area contributed by atoms with E-state index in [-0.39, 0.29) is 33.4 Å². The van der Waals surface area contributed by atoms with Crippen molar-refractivity contribution >= 4 is 48.5 Å². The van der Waals surface area contributed by atoms with Gasteiger partial charge >= 0.3 is 0 Å². The average Bonchev–Trinajstić information content (AvgIpc) is 2.62. The van der Waals surface area contributed by atoms with E-state index in [4.69, 9.17) is 13.3 Å². The van der Waals surface area contributed by atoms with Crippen molar-refractivity contribution in [3.05, 3.63) is 0 Å². The van der Waals surface area contributed by atoms with Crippen LogP contribution in [0.1, 0.15) is 89.5 Å². The van der Waals surface area contributed by atoms with Crippen LogP contribution >= 0.6 is 23.5 Å². The zero-order chi connectivity index (χ0) is 29.0. The van der Waals surface area contributed by atoms with Gasteiger partial charge in [-0.2, -0.15) is 0 Å². The van der Waals surface area contributed by atoms with E-state index in [1.807, 2.05) is 0 Å². The van der Waals surface area contributed by atoms with Crippen molar-refractivity contribution in [1.82, 2.24) is 0 Å². The first-order valence-electron chi connectivity index (χ1n) is 14.1. The third-order valence-corrected chi connectivity index (χ3v) is 24.9. The molecule has 0 rings (SSSR count). The van der Waals surface area contributed by atoms with Crippen LogP contribution in [0, 0.1) is 0 Å². The molecule has 3 atom stereocenters. The third kappa shape index (κ3) is 11.0. The molecule has 0 aliphatic rings. The fraction of sp³-hybridized carbons (Fsp3) is 1.00. The summed E-state index contributed by atoms with van der Waals surface area (Å²) in [6.45, 7) is 42.0. The molecule has 0 aromatic heterocycles. The van der Waals surface area contributed by atoms with Gasteiger partial charge in [0.1, 0.15) is 0 Å². The Hall–Kier alpha value is 1.23. The highest BCUT2D eigenvalue weighted by molar-refractivity contribution is 8.16. The second-order valence-corrected chi connectivity index (χ2v) is 32.4. The van der Waals surface area contributed by atoms with Gasteiger partial charge in [0.2, 0.25) is 0 Å². The quantitative estimate of drug-likeness (QED) is 0.147. The topological polar surface area (TPSA) is 27.7 Å². The van der Waals surface area contributed by atoms with Crippen LogP contribution in [0.2, 0.25) is 54.4 Å². The minimum Gasteiger partial charge on any atom is -0.412 e. The monoisotopic (exact) mass is 596 g/mol. The Morgan fingerprint density at radius 1 is 0.583 bits per heavy atom. The Kier molecular flexibility index (Phi) is 14.2. The summed E-state index contributed by atoms with van der Waals surface area (Å²) in [7, 11) is -6.08. The van der Waals surface area contributed by atoms with E-state index >= 15 is 0 Å². The van der Waals surface area contributed by atoms with Gasteiger partial charge in [0.25, 0.3) is 0 Å². The third-order valence-electron chi connectivity index (χ3n) is 8.73. The van der Waals surface area contributed by atoms with Crippen molar-refractivity contribution in [3.63, 3.8) is 0 Å². The molecule has 0 aromatic carbocycles. The highest BCUT2D eigenvalue weighted by Crippen LogP contribution is 2.44. The SMILES string of the molecule is CCSC(C[C@H](O[Si](C)(C)C(C)(C)C)[C@H](O[Si](C)(C)C(C)(C)C)[C@@H](C)O[Si](C)(C)C(C)(C)C)SCC. The van der Waals surface area contributed by atoms with E-state index in [9.17, 15) is 0 Å². The van der Waals surface area contributed by atoms with Gasteiger partial charge in [0, 0.05) is 0 Å². The van der Waals surface area contributed by atoms with Crippen LogP contribution in [0.15, 0.2) is 0 Å². The Morgan fingerprint density at radius 2 is 0.917 bits per heavy atom. The molecule has 3 nitrogen and oxygen atoms in total. The van der Waals surface area contributed by atoms with Crippen LogP contribution in [0.4, 0.5) is 0 Å². The zero-order valence-electron chi connectivity index (χ0n) is 27.5. The first kappa shape index (κ1) is 37.2. The van der Waals surface area contributed by atoms with Gasteiger partial charge in [-0.05, 0) is 79.2 Å². The summed E-state index contributed by atoms with van der Waals surface area (Å²) in [5.41, 5.74) is 0. The van der Waals surface area contributed by atoms with E-state index in [0.29, 0.717) is 4.58 Å². The van der Waals surface area contributed by atoms with Gasteiger partial charge in [0.15, 0.2) is 25.0 Å². The molecular weight excluding hydrogens is 533 g/mol. The first-order valence-corrected chi connectivity index (χ1v) is 24.9. The summed E-state index contributed by atoms with van der Waals surface area (Å²) >= 11 is 4.11. The molecule has 0 saturated heterocycles. The highest BCUT2D eigenvalue weighted by atomic mass is 32.2. The molecular formula is C28H64O3S2Si3. The van der Waals surface area contributed by atoms with Crippen molar-refractivity contribution in [2.24, 2.45) is 0 Å². The largest absolute Gasteiger partial charge is 0.412 e. The summed E-state index contributed by atoms with van der Waals surface area (Å²) in [6.07, 6.45) is 0.914. The minimum absolute atomic E-state index is 0.0166.